The average Bonchev–Trinajstić information content (AvgIpc) is 0.722. The summed E-state index contributed by atoms with van der Waals surface area (Å²) in [6, 6.07) is 0. The molecule has 0 aromatic heterocycles. The number of halogens is 1. The molecule has 0 unspecified atom stereocenters. The van der Waals surface area contributed by atoms with Crippen molar-refractivity contribution >= 4 is 74.1 Å². The molecule has 0 aromatic carbocycles. The first kappa shape index (κ1) is 22.5. The Bertz CT molecular complexity index is 31.5. The van der Waals surface area contributed by atoms with Crippen LogP contribution < -0.4 is 0 Å². The minimum absolute atomic E-state index is 0. The summed E-state index contributed by atoms with van der Waals surface area (Å²) in [5, 5.41) is 0. The van der Waals surface area contributed by atoms with Crippen molar-refractivity contribution < 1.29 is 19.2 Å². The van der Waals surface area contributed by atoms with Crippen LogP contribution in [0.1, 0.15) is 0 Å². The van der Waals surface area contributed by atoms with Gasteiger partial charge in [0.25, 0.3) is 0 Å². The molecule has 0 amide bonds. The molecule has 0 aliphatic heterocycles. The molecule has 8 heteroatoms. The van der Waals surface area contributed by atoms with Gasteiger partial charge < -0.3 is 19.2 Å². The predicted octanol–water partition coefficient (Wildman–Crippen LogP) is -3.75. The summed E-state index contributed by atoms with van der Waals surface area (Å²) >= 11 is 0. The third kappa shape index (κ3) is 91.9. The van der Waals surface area contributed by atoms with Crippen LogP contribution in [0.15, 0.2) is 0 Å². The first-order valence-electron chi connectivity index (χ1n) is 0.894. The molecule has 0 aliphatic rings. The van der Waals surface area contributed by atoms with E-state index in [1.807, 2.05) is 0 Å². The van der Waals surface area contributed by atoms with E-state index in [0.29, 0.717) is 0 Å². The third-order valence-electron chi connectivity index (χ3n) is 0. The van der Waals surface area contributed by atoms with Crippen molar-refractivity contribution in [2.45, 2.75) is 0 Å². The third-order valence-corrected chi connectivity index (χ3v) is 0. The molecule has 0 fully saturated rings. The van der Waals surface area contributed by atoms with E-state index in [2.05, 4.69) is 0 Å². The van der Waals surface area contributed by atoms with Crippen LogP contribution in [0.2, 0.25) is 0 Å². The van der Waals surface area contributed by atoms with Gasteiger partial charge in [-0.3, -0.25) is 0 Å². The molecule has 0 atom stereocenters. The Morgan fingerprint density at radius 2 is 0.875 bits per heavy atom. The molecule has 4 nitrogen and oxygen atoms in total. The van der Waals surface area contributed by atoms with E-state index in [1.54, 1.807) is 0 Å². The molecule has 0 aliphatic carbocycles. The molecule has 0 bridgehead atoms. The molecule has 8 heavy (non-hydrogen) atoms. The van der Waals surface area contributed by atoms with Crippen molar-refractivity contribution in [2.75, 3.05) is 0 Å². The summed E-state index contributed by atoms with van der Waals surface area (Å²) < 4.78 is 0. The van der Waals surface area contributed by atoms with Gasteiger partial charge in [-0.2, -0.15) is 0 Å². The van der Waals surface area contributed by atoms with Gasteiger partial charge in [0.1, 0.15) is 0 Å². The van der Waals surface area contributed by atoms with E-state index in [1.165, 1.54) is 0 Å². The normalized spacial score (nSPS) is 7.50. The summed E-state index contributed by atoms with van der Waals surface area (Å²) in [5.41, 5.74) is 0. The Labute approximate surface area is 92.3 Å². The van der Waals surface area contributed by atoms with Crippen LogP contribution in [0.3, 0.4) is 0 Å². The van der Waals surface area contributed by atoms with Crippen molar-refractivity contribution in [1.82, 2.24) is 0 Å². The number of rotatable bonds is 0. The van der Waals surface area contributed by atoms with E-state index in [9.17, 15) is 0 Å². The minimum atomic E-state index is -4.61. The zero-order valence-electron chi connectivity index (χ0n) is 2.70. The van der Waals surface area contributed by atoms with E-state index in [4.69, 9.17) is 19.2 Å². The Kier molecular flexibility index (Phi) is 25.6. The molecule has 0 saturated carbocycles. The molecule has 4 N–H and O–H groups in total. The second kappa shape index (κ2) is 9.11. The number of hydrogen-bond acceptors (Lipinski definition) is 4. The van der Waals surface area contributed by atoms with Gasteiger partial charge in [0.15, 0.2) is 0 Å². The fourth-order valence-corrected chi connectivity index (χ4v) is 0. The molecule has 0 aromatic rings. The van der Waals surface area contributed by atoms with Crippen LogP contribution in [0, 0.1) is 0 Å². The summed E-state index contributed by atoms with van der Waals surface area (Å²) in [7, 11) is -4.61. The molecular weight excluding hydrogens is 175 g/mol. The van der Waals surface area contributed by atoms with Crippen molar-refractivity contribution in [3.63, 3.8) is 0 Å². The van der Waals surface area contributed by atoms with Crippen LogP contribution in [0.5, 0.6) is 0 Å². The maximum absolute atomic E-state index is 7.33. The van der Waals surface area contributed by atoms with Gasteiger partial charge in [0, 0.05) is 0 Å². The Morgan fingerprint density at radius 3 is 0.875 bits per heavy atom. The fourth-order valence-electron chi connectivity index (χ4n) is 0. The predicted molar refractivity (Wildman–Crippen MR) is 37.6 cm³/mol. The molecule has 0 heterocycles. The van der Waals surface area contributed by atoms with Crippen molar-refractivity contribution in [1.29, 1.82) is 0 Å². The summed E-state index contributed by atoms with van der Waals surface area (Å²) in [5.74, 6) is 0. The standard InChI is InChI=1S/ClH.Mg.Na.H4O4Si.3H/c;;;1-5(2,3)4;;;/h1H;;;1-4H;;;. The van der Waals surface area contributed by atoms with Crippen LogP contribution >= 0.6 is 12.4 Å². The Balaban J connectivity index is -0.0000000267. The van der Waals surface area contributed by atoms with Gasteiger partial charge in [-0.05, 0) is 0 Å². The Hall–Kier alpha value is 2.11. The second-order valence-corrected chi connectivity index (χ2v) is 1.80. The Morgan fingerprint density at radius 1 is 0.875 bits per heavy atom. The summed E-state index contributed by atoms with van der Waals surface area (Å²) in [6.07, 6.45) is 0. The maximum atomic E-state index is 7.33. The molecule has 46 valence electrons. The summed E-state index contributed by atoms with van der Waals surface area (Å²) in [6.45, 7) is 0. The molecule has 0 rings (SSSR count). The topological polar surface area (TPSA) is 80.9 Å². The molecule has 0 saturated heterocycles. The SMILES string of the molecule is Cl.O[Si](O)(O)O.[MgH2].[NaH]. The van der Waals surface area contributed by atoms with Crippen molar-refractivity contribution in [3.8, 4) is 0 Å². The van der Waals surface area contributed by atoms with Crippen molar-refractivity contribution in [2.24, 2.45) is 0 Å². The molecule has 0 spiro atoms. The van der Waals surface area contributed by atoms with Gasteiger partial charge >= 0.3 is 61.7 Å². The van der Waals surface area contributed by atoms with Crippen LogP contribution in [0.4, 0.5) is 0 Å². The van der Waals surface area contributed by atoms with E-state index < -0.39 is 9.05 Å². The van der Waals surface area contributed by atoms with E-state index in [-0.39, 0.29) is 65.0 Å². The summed E-state index contributed by atoms with van der Waals surface area (Å²) in [4.78, 5) is 29.3. The van der Waals surface area contributed by atoms with Crippen LogP contribution in [-0.4, -0.2) is 80.8 Å². The zero-order valence-corrected chi connectivity index (χ0v) is 4.51. The van der Waals surface area contributed by atoms with Gasteiger partial charge in [-0.25, -0.2) is 0 Å². The first-order chi connectivity index (χ1) is 2.00. The molecular formula is H8ClMgNaO4Si. The monoisotopic (exact) mass is 182 g/mol. The molecule has 0 radical (unpaired) electrons. The van der Waals surface area contributed by atoms with E-state index in [0.717, 1.165) is 0 Å². The van der Waals surface area contributed by atoms with Crippen molar-refractivity contribution in [3.05, 3.63) is 0 Å². The fraction of sp³-hybridized carbons (Fsp3) is 0. The van der Waals surface area contributed by atoms with Gasteiger partial charge in [0.05, 0.1) is 0 Å². The second-order valence-electron chi connectivity index (χ2n) is 0.600. The van der Waals surface area contributed by atoms with Crippen LogP contribution in [0.25, 0.3) is 0 Å². The van der Waals surface area contributed by atoms with Gasteiger partial charge in [-0.15, -0.1) is 12.4 Å². The van der Waals surface area contributed by atoms with Crippen LogP contribution in [-0.2, 0) is 0 Å². The van der Waals surface area contributed by atoms with Gasteiger partial charge in [-0.1, -0.05) is 0 Å². The quantitative estimate of drug-likeness (QED) is 0.291. The zero-order chi connectivity index (χ0) is 4.50. The average molecular weight is 183 g/mol. The van der Waals surface area contributed by atoms with Gasteiger partial charge in [0.2, 0.25) is 0 Å². The number of hydrogen-bond donors (Lipinski definition) is 4. The first-order valence-corrected chi connectivity index (χ1v) is 2.68. The van der Waals surface area contributed by atoms with E-state index >= 15 is 0 Å².